The van der Waals surface area contributed by atoms with Gasteiger partial charge in [0.05, 0.1) is 33.4 Å². The predicted molar refractivity (Wildman–Crippen MR) is 303 cm³/mol. The van der Waals surface area contributed by atoms with Gasteiger partial charge >= 0.3 is 5.97 Å². The second-order valence-electron chi connectivity index (χ2n) is 22.5. The number of piperidine rings is 1. The molecule has 0 spiro atoms. The number of thiazole rings is 1. The van der Waals surface area contributed by atoms with Crippen LogP contribution in [0.1, 0.15) is 128 Å². The number of benzene rings is 4. The third kappa shape index (κ3) is 11.2. The fourth-order valence-electron chi connectivity index (χ4n) is 12.0. The van der Waals surface area contributed by atoms with Crippen LogP contribution in [0.2, 0.25) is 0 Å². The number of carbonyl (C=O) groups excluding carboxylic acids is 4. The molecule has 4 aromatic carbocycles. The van der Waals surface area contributed by atoms with Gasteiger partial charge < -0.3 is 19.3 Å². The minimum absolute atomic E-state index is 0.115. The van der Waals surface area contributed by atoms with Crippen LogP contribution in [0.5, 0.6) is 5.75 Å². The Morgan fingerprint density at radius 1 is 0.870 bits per heavy atom. The zero-order chi connectivity index (χ0) is 53.5. The summed E-state index contributed by atoms with van der Waals surface area (Å²) in [6.45, 7) is 15.1. The molecule has 3 amide bonds. The van der Waals surface area contributed by atoms with E-state index >= 15 is 0 Å². The van der Waals surface area contributed by atoms with E-state index in [1.807, 2.05) is 99.2 Å². The van der Waals surface area contributed by atoms with Crippen molar-refractivity contribution >= 4 is 72.8 Å². The molecule has 2 saturated heterocycles. The van der Waals surface area contributed by atoms with Crippen LogP contribution in [0.15, 0.2) is 91.0 Å². The number of hydrogen-bond donors (Lipinski definition) is 2. The number of fused-ring (bicyclic) bond motifs is 3. The zero-order valence-corrected chi connectivity index (χ0v) is 45.9. The number of para-hydroxylation sites is 1. The monoisotopic (exact) mass is 1060 g/mol. The third-order valence-corrected chi connectivity index (χ3v) is 17.0. The molecule has 2 N–H and O–H groups in total. The summed E-state index contributed by atoms with van der Waals surface area (Å²) >= 11 is 1.45. The number of nitrogens with zero attached hydrogens (tertiary/aromatic N) is 7. The highest BCUT2D eigenvalue weighted by atomic mass is 32.1. The number of pyridine rings is 1. The molecule has 2 atom stereocenters. The molecule has 1 unspecified atom stereocenters. The second-order valence-corrected chi connectivity index (χ2v) is 23.5. The maximum absolute atomic E-state index is 14.1. The van der Waals surface area contributed by atoms with Gasteiger partial charge in [-0.2, -0.15) is 5.10 Å². The van der Waals surface area contributed by atoms with Crippen molar-refractivity contribution in [2.45, 2.75) is 123 Å². The van der Waals surface area contributed by atoms with E-state index < -0.39 is 17.5 Å². The smallest absolute Gasteiger partial charge is 0.358 e. The van der Waals surface area contributed by atoms with Gasteiger partial charge in [0.25, 0.3) is 5.91 Å². The average Bonchev–Trinajstić information content (AvgIpc) is 4.01. The Morgan fingerprint density at radius 3 is 2.48 bits per heavy atom. The van der Waals surface area contributed by atoms with E-state index in [2.05, 4.69) is 68.4 Å². The normalized spacial score (nSPS) is 20.3. The average molecular weight is 1060 g/mol. The van der Waals surface area contributed by atoms with Crippen molar-refractivity contribution in [1.29, 1.82) is 0 Å². The Balaban J connectivity index is 0.697. The van der Waals surface area contributed by atoms with Crippen molar-refractivity contribution in [1.82, 2.24) is 30.0 Å². The second kappa shape index (κ2) is 21.7. The van der Waals surface area contributed by atoms with Crippen LogP contribution in [0.3, 0.4) is 0 Å². The Hall–Kier alpha value is -7.17. The Kier molecular flexibility index (Phi) is 14.6. The highest BCUT2D eigenvalue weighted by molar-refractivity contribution is 7.22. The van der Waals surface area contributed by atoms with Crippen LogP contribution in [0.25, 0.3) is 32.2 Å². The van der Waals surface area contributed by atoms with Gasteiger partial charge in [-0.1, -0.05) is 47.7 Å². The lowest BCUT2D eigenvalue weighted by Gasteiger charge is -2.41. The molecule has 16 heteroatoms. The first kappa shape index (κ1) is 51.9. The van der Waals surface area contributed by atoms with Crippen molar-refractivity contribution in [2.75, 3.05) is 47.8 Å². The molecule has 1 aliphatic carbocycles. The number of imide groups is 1. The van der Waals surface area contributed by atoms with Crippen molar-refractivity contribution in [3.05, 3.63) is 125 Å². The quantitative estimate of drug-likeness (QED) is 0.0831. The number of carbonyl (C=O) groups is 4. The van der Waals surface area contributed by atoms with E-state index in [1.54, 1.807) is 0 Å². The van der Waals surface area contributed by atoms with Gasteiger partial charge in [-0.3, -0.25) is 34.6 Å². The number of ether oxygens (including phenoxy) is 2. The van der Waals surface area contributed by atoms with E-state index in [0.29, 0.717) is 66.4 Å². The summed E-state index contributed by atoms with van der Waals surface area (Å²) in [5, 5.41) is 11.8. The minimum atomic E-state index is -0.733. The van der Waals surface area contributed by atoms with Crippen molar-refractivity contribution in [2.24, 2.45) is 13.0 Å². The van der Waals surface area contributed by atoms with E-state index in [4.69, 9.17) is 19.6 Å². The van der Waals surface area contributed by atoms with Gasteiger partial charge in [-0.15, -0.1) is 0 Å². The first-order valence-electron chi connectivity index (χ1n) is 27.5. The molecule has 400 valence electrons. The van der Waals surface area contributed by atoms with E-state index in [9.17, 15) is 19.2 Å². The fourth-order valence-corrected chi connectivity index (χ4v) is 12.9. The van der Waals surface area contributed by atoms with Gasteiger partial charge in [-0.05, 0) is 175 Å². The van der Waals surface area contributed by atoms with E-state index in [0.717, 1.165) is 107 Å². The van der Waals surface area contributed by atoms with Gasteiger partial charge in [0.2, 0.25) is 11.8 Å². The summed E-state index contributed by atoms with van der Waals surface area (Å²) in [7, 11) is 1.93. The molecular formula is C61H69N9O6S. The third-order valence-electron chi connectivity index (χ3n) is 16.1. The first-order valence-corrected chi connectivity index (χ1v) is 28.3. The van der Waals surface area contributed by atoms with Crippen LogP contribution in [0.4, 0.5) is 16.6 Å². The predicted octanol–water partition coefficient (Wildman–Crippen LogP) is 10.8. The van der Waals surface area contributed by atoms with Crippen LogP contribution < -0.4 is 25.2 Å². The number of anilines is 3. The summed E-state index contributed by atoms with van der Waals surface area (Å²) < 4.78 is 15.7. The molecule has 77 heavy (non-hydrogen) atoms. The Labute approximate surface area is 454 Å². The van der Waals surface area contributed by atoms with Crippen LogP contribution in [-0.4, -0.2) is 98.8 Å². The highest BCUT2D eigenvalue weighted by Gasteiger charge is 2.34. The van der Waals surface area contributed by atoms with Crippen molar-refractivity contribution < 1.29 is 28.7 Å². The molecule has 7 aromatic rings. The van der Waals surface area contributed by atoms with Crippen LogP contribution in [0, 0.1) is 12.8 Å². The topological polar surface area (TPSA) is 164 Å². The van der Waals surface area contributed by atoms with Gasteiger partial charge in [0, 0.05) is 74.4 Å². The van der Waals surface area contributed by atoms with Gasteiger partial charge in [0.1, 0.15) is 17.2 Å². The molecule has 11 rings (SSSR count). The summed E-state index contributed by atoms with van der Waals surface area (Å²) in [5.41, 5.74) is 8.43. The van der Waals surface area contributed by atoms with Crippen LogP contribution >= 0.6 is 11.3 Å². The zero-order valence-electron chi connectivity index (χ0n) is 45.1. The number of rotatable bonds is 13. The van der Waals surface area contributed by atoms with Crippen LogP contribution in [-0.2, 0) is 34.3 Å². The molecule has 0 bridgehead atoms. The number of hydrogen-bond acceptors (Lipinski definition) is 13. The molecule has 3 fully saturated rings. The molecule has 4 aliphatic rings. The van der Waals surface area contributed by atoms with Crippen molar-refractivity contribution in [3.8, 4) is 16.9 Å². The summed E-state index contributed by atoms with van der Waals surface area (Å²) in [4.78, 5) is 69.4. The molecule has 6 heterocycles. The Bertz CT molecular complexity index is 3360. The molecule has 0 radical (unpaired) electrons. The maximum atomic E-state index is 14.1. The standard InChI is InChI=1S/C61H69N9O6S/c1-37-35-68(32-33-70(37)41-21-24-46-50(34-41)67(6)66-55(46)47-26-28-54(71)64-58(47)73)30-11-12-39-19-22-42(23-20-39)75-51-17-10-14-43(38(51)2)44-25-27-53(63-56(44)59(74)76-61(3,4)5)69-31-29-40-13-9-15-45(48(40)36-69)57(72)65-60-62-49-16-7-8-18-52(49)77-60/h7-10,13-18,21,24-25,27,34,37,39,42,47H,11-12,19-20,22-23,26,28-33,35-36H2,1-6H3,(H,62,65,72)(H,64,71,73)/t37-,39?,42?,47?/m1/s1. The van der Waals surface area contributed by atoms with Gasteiger partial charge in [0.15, 0.2) is 10.8 Å². The number of aryl methyl sites for hydroxylation is 1. The minimum Gasteiger partial charge on any atom is -0.490 e. The van der Waals surface area contributed by atoms with Crippen molar-refractivity contribution in [3.63, 3.8) is 0 Å². The lowest BCUT2D eigenvalue weighted by Crippen LogP contribution is -2.52. The number of piperazine rings is 1. The molecule has 1 saturated carbocycles. The first-order chi connectivity index (χ1) is 37.1. The molecular weight excluding hydrogens is 987 g/mol. The number of esters is 1. The van der Waals surface area contributed by atoms with Gasteiger partial charge in [-0.25, -0.2) is 14.8 Å². The summed E-state index contributed by atoms with van der Waals surface area (Å²) in [6, 6.07) is 30.5. The summed E-state index contributed by atoms with van der Waals surface area (Å²) in [6.07, 6.45) is 8.32. The molecule has 15 nitrogen and oxygen atoms in total. The largest absolute Gasteiger partial charge is 0.490 e. The maximum Gasteiger partial charge on any atom is 0.358 e. The molecule has 3 aromatic heterocycles. The lowest BCUT2D eigenvalue weighted by molar-refractivity contribution is -0.134. The fraction of sp³-hybridized carbons (Fsp3) is 0.426. The molecule has 3 aliphatic heterocycles. The number of amides is 3. The lowest BCUT2D eigenvalue weighted by atomic mass is 9.84. The highest BCUT2D eigenvalue weighted by Crippen LogP contribution is 2.39. The van der Waals surface area contributed by atoms with E-state index in [1.165, 1.54) is 29.9 Å². The summed E-state index contributed by atoms with van der Waals surface area (Å²) in [5.74, 6) is 0.552. The number of nitrogens with one attached hydrogen (secondary N) is 2. The Morgan fingerprint density at radius 2 is 1.69 bits per heavy atom. The number of aromatic nitrogens is 4. The SMILES string of the molecule is Cc1c(OC2CCC(CCCN3CCN(c4ccc5c(C6CCC(=O)NC6=O)nn(C)c5c4)[C@H](C)C3)CC2)cccc1-c1ccc(N2CCc3cccc(C(=O)Nc4nc5ccccc5s4)c3C2)nc1C(=O)OC(C)(C)C. The van der Waals surface area contributed by atoms with E-state index in [-0.39, 0.29) is 29.5 Å².